The van der Waals surface area contributed by atoms with Gasteiger partial charge in [0.25, 0.3) is 5.91 Å². The Morgan fingerprint density at radius 2 is 1.88 bits per heavy atom. The molecule has 1 amide bonds. The SMILES string of the molecule is Cc1ccccc1-c1cc(C(=O)N=C(N)N)c2c(Cl)cccc2n1. The Balaban J connectivity index is 2.34. The van der Waals surface area contributed by atoms with Gasteiger partial charge in [-0.15, -0.1) is 0 Å². The molecule has 6 heteroatoms. The molecule has 24 heavy (non-hydrogen) atoms. The van der Waals surface area contributed by atoms with E-state index in [1.807, 2.05) is 31.2 Å². The van der Waals surface area contributed by atoms with E-state index in [-0.39, 0.29) is 5.96 Å². The highest BCUT2D eigenvalue weighted by molar-refractivity contribution is 6.37. The van der Waals surface area contributed by atoms with E-state index in [2.05, 4.69) is 9.98 Å². The number of guanidine groups is 1. The zero-order chi connectivity index (χ0) is 17.3. The van der Waals surface area contributed by atoms with Crippen LogP contribution in [0.1, 0.15) is 15.9 Å². The van der Waals surface area contributed by atoms with Gasteiger partial charge in [0.2, 0.25) is 0 Å². The number of rotatable bonds is 2. The maximum atomic E-state index is 12.5. The molecular formula is C18H15ClN4O. The predicted molar refractivity (Wildman–Crippen MR) is 97.1 cm³/mol. The zero-order valence-corrected chi connectivity index (χ0v) is 13.7. The lowest BCUT2D eigenvalue weighted by molar-refractivity contribution is 0.100. The van der Waals surface area contributed by atoms with Crippen molar-refractivity contribution in [1.29, 1.82) is 0 Å². The molecule has 0 aliphatic heterocycles. The Kier molecular flexibility index (Phi) is 4.18. The number of carbonyl (C=O) groups excluding carboxylic acids is 1. The first-order valence-electron chi connectivity index (χ1n) is 7.26. The topological polar surface area (TPSA) is 94.4 Å². The van der Waals surface area contributed by atoms with Gasteiger partial charge in [-0.1, -0.05) is 41.9 Å². The second-order valence-electron chi connectivity index (χ2n) is 5.35. The highest BCUT2D eigenvalue weighted by Crippen LogP contribution is 2.31. The first-order chi connectivity index (χ1) is 11.5. The molecule has 0 spiro atoms. The van der Waals surface area contributed by atoms with Crippen LogP contribution in [0.2, 0.25) is 5.02 Å². The largest absolute Gasteiger partial charge is 0.370 e. The van der Waals surface area contributed by atoms with Crippen molar-refractivity contribution in [2.75, 3.05) is 0 Å². The van der Waals surface area contributed by atoms with E-state index in [1.165, 1.54) is 0 Å². The number of hydrogen-bond donors (Lipinski definition) is 2. The monoisotopic (exact) mass is 338 g/mol. The normalized spacial score (nSPS) is 10.6. The van der Waals surface area contributed by atoms with Crippen molar-refractivity contribution in [3.05, 3.63) is 64.7 Å². The molecule has 2 aromatic carbocycles. The third-order valence-corrected chi connectivity index (χ3v) is 3.98. The number of amides is 1. The summed E-state index contributed by atoms with van der Waals surface area (Å²) in [5.41, 5.74) is 14.3. The minimum absolute atomic E-state index is 0.297. The lowest BCUT2D eigenvalue weighted by atomic mass is 10.0. The second kappa shape index (κ2) is 6.29. The van der Waals surface area contributed by atoms with Crippen molar-refractivity contribution in [3.8, 4) is 11.3 Å². The second-order valence-corrected chi connectivity index (χ2v) is 5.75. The zero-order valence-electron chi connectivity index (χ0n) is 13.0. The molecule has 5 nitrogen and oxygen atoms in total. The van der Waals surface area contributed by atoms with Crippen molar-refractivity contribution in [3.63, 3.8) is 0 Å². The van der Waals surface area contributed by atoms with Gasteiger partial charge in [-0.2, -0.15) is 4.99 Å². The summed E-state index contributed by atoms with van der Waals surface area (Å²) < 4.78 is 0. The van der Waals surface area contributed by atoms with E-state index in [0.29, 0.717) is 27.2 Å². The molecule has 3 rings (SSSR count). The van der Waals surface area contributed by atoms with E-state index < -0.39 is 5.91 Å². The van der Waals surface area contributed by atoms with Crippen LogP contribution in [-0.2, 0) is 0 Å². The number of nitrogens with zero attached hydrogens (tertiary/aromatic N) is 2. The maximum absolute atomic E-state index is 12.5. The number of fused-ring (bicyclic) bond motifs is 1. The van der Waals surface area contributed by atoms with Crippen LogP contribution < -0.4 is 11.5 Å². The number of nitrogens with two attached hydrogens (primary N) is 2. The molecule has 1 aromatic heterocycles. The fourth-order valence-electron chi connectivity index (χ4n) is 2.59. The first-order valence-corrected chi connectivity index (χ1v) is 7.64. The molecular weight excluding hydrogens is 324 g/mol. The van der Waals surface area contributed by atoms with Gasteiger partial charge in [-0.3, -0.25) is 4.79 Å². The number of hydrogen-bond acceptors (Lipinski definition) is 2. The summed E-state index contributed by atoms with van der Waals surface area (Å²) in [4.78, 5) is 20.7. The standard InChI is InChI=1S/C18H15ClN4O/c1-10-5-2-3-6-11(10)15-9-12(17(24)23-18(20)21)16-13(19)7-4-8-14(16)22-15/h2-9H,1H3,(H4,20,21,23,24). The van der Waals surface area contributed by atoms with E-state index in [1.54, 1.807) is 24.3 Å². The van der Waals surface area contributed by atoms with Crippen LogP contribution in [0.25, 0.3) is 22.2 Å². The third-order valence-electron chi connectivity index (χ3n) is 3.66. The molecule has 1 heterocycles. The molecule has 4 N–H and O–H groups in total. The molecule has 0 saturated carbocycles. The molecule has 0 saturated heterocycles. The van der Waals surface area contributed by atoms with Crippen LogP contribution >= 0.6 is 11.6 Å². The van der Waals surface area contributed by atoms with Crippen molar-refractivity contribution in [2.45, 2.75) is 6.92 Å². The Hall–Kier alpha value is -2.92. The third kappa shape index (κ3) is 2.94. The number of aryl methyl sites for hydroxylation is 1. The summed E-state index contributed by atoms with van der Waals surface area (Å²) in [5, 5.41) is 0.956. The van der Waals surface area contributed by atoms with Gasteiger partial charge < -0.3 is 11.5 Å². The van der Waals surface area contributed by atoms with Gasteiger partial charge in [0.15, 0.2) is 5.96 Å². The molecule has 0 atom stereocenters. The first kappa shape index (κ1) is 16.0. The van der Waals surface area contributed by atoms with E-state index in [4.69, 9.17) is 23.1 Å². The number of carbonyl (C=O) groups is 1. The smallest absolute Gasteiger partial charge is 0.280 e. The van der Waals surface area contributed by atoms with Gasteiger partial charge >= 0.3 is 0 Å². The van der Waals surface area contributed by atoms with Crippen molar-refractivity contribution in [1.82, 2.24) is 4.98 Å². The Morgan fingerprint density at radius 1 is 1.12 bits per heavy atom. The summed E-state index contributed by atoms with van der Waals surface area (Å²) >= 11 is 6.27. The lowest BCUT2D eigenvalue weighted by Crippen LogP contribution is -2.24. The van der Waals surface area contributed by atoms with Crippen LogP contribution in [0, 0.1) is 6.92 Å². The fraction of sp³-hybridized carbons (Fsp3) is 0.0556. The number of pyridine rings is 1. The Bertz CT molecular complexity index is 978. The van der Waals surface area contributed by atoms with Gasteiger partial charge in [0.05, 0.1) is 21.8 Å². The molecule has 0 fully saturated rings. The fourth-order valence-corrected chi connectivity index (χ4v) is 2.86. The summed E-state index contributed by atoms with van der Waals surface area (Å²) in [5.74, 6) is -0.847. The van der Waals surface area contributed by atoms with E-state index in [0.717, 1.165) is 11.1 Å². The average molecular weight is 339 g/mol. The van der Waals surface area contributed by atoms with Crippen LogP contribution in [0.15, 0.2) is 53.5 Å². The maximum Gasteiger partial charge on any atom is 0.280 e. The van der Waals surface area contributed by atoms with E-state index >= 15 is 0 Å². The van der Waals surface area contributed by atoms with Gasteiger partial charge in [0.1, 0.15) is 0 Å². The highest BCUT2D eigenvalue weighted by atomic mass is 35.5. The molecule has 0 aliphatic rings. The lowest BCUT2D eigenvalue weighted by Gasteiger charge is -2.10. The van der Waals surface area contributed by atoms with Crippen LogP contribution in [0.5, 0.6) is 0 Å². The average Bonchev–Trinajstić information content (AvgIpc) is 2.54. The molecule has 0 radical (unpaired) electrons. The molecule has 0 bridgehead atoms. The summed E-state index contributed by atoms with van der Waals surface area (Å²) in [6, 6.07) is 14.8. The predicted octanol–water partition coefficient (Wildman–Crippen LogP) is 3.28. The quantitative estimate of drug-likeness (QED) is 0.553. The van der Waals surface area contributed by atoms with Crippen LogP contribution in [-0.4, -0.2) is 16.9 Å². The molecule has 0 aliphatic carbocycles. The number of halogens is 1. The summed E-state index contributed by atoms with van der Waals surface area (Å²) in [7, 11) is 0. The highest BCUT2D eigenvalue weighted by Gasteiger charge is 2.16. The number of aliphatic imine (C=N–C) groups is 1. The van der Waals surface area contributed by atoms with E-state index in [9.17, 15) is 4.79 Å². The van der Waals surface area contributed by atoms with Gasteiger partial charge in [-0.25, -0.2) is 4.98 Å². The summed E-state index contributed by atoms with van der Waals surface area (Å²) in [6.45, 7) is 1.98. The van der Waals surface area contributed by atoms with Crippen LogP contribution in [0.3, 0.4) is 0 Å². The molecule has 120 valence electrons. The van der Waals surface area contributed by atoms with Gasteiger partial charge in [-0.05, 0) is 30.7 Å². The number of aromatic nitrogens is 1. The minimum Gasteiger partial charge on any atom is -0.370 e. The molecule has 3 aromatic rings. The van der Waals surface area contributed by atoms with Gasteiger partial charge in [0, 0.05) is 10.9 Å². The molecule has 0 unspecified atom stereocenters. The summed E-state index contributed by atoms with van der Waals surface area (Å²) in [6.07, 6.45) is 0. The number of benzene rings is 2. The van der Waals surface area contributed by atoms with Crippen molar-refractivity contribution < 1.29 is 4.79 Å². The minimum atomic E-state index is -0.551. The van der Waals surface area contributed by atoms with Crippen molar-refractivity contribution >= 4 is 34.4 Å². The van der Waals surface area contributed by atoms with Crippen LogP contribution in [0.4, 0.5) is 0 Å². The Morgan fingerprint density at radius 3 is 2.58 bits per heavy atom. The Labute approximate surface area is 144 Å². The van der Waals surface area contributed by atoms with Crippen molar-refractivity contribution in [2.24, 2.45) is 16.5 Å².